The Kier molecular flexibility index (Phi) is 9.28. The van der Waals surface area contributed by atoms with Gasteiger partial charge in [-0.3, -0.25) is 0 Å². The normalized spacial score (nSPS) is 16.7. The number of furan rings is 1. The van der Waals surface area contributed by atoms with Crippen molar-refractivity contribution >= 4 is 37.3 Å². The average Bonchev–Trinajstić information content (AvgIpc) is 3.43. The van der Waals surface area contributed by atoms with Gasteiger partial charge >= 0.3 is 26.2 Å². The number of aryl methyl sites for hydroxylation is 1. The molecule has 35 heavy (non-hydrogen) atoms. The number of rotatable bonds is 2. The molecule has 0 fully saturated rings. The summed E-state index contributed by atoms with van der Waals surface area (Å²) in [5, 5.41) is 5.82. The average molecular weight is 616 g/mol. The summed E-state index contributed by atoms with van der Waals surface area (Å²) in [5.41, 5.74) is 7.84. The maximum absolute atomic E-state index is 5.51. The molecule has 3 aliphatic rings. The summed E-state index contributed by atoms with van der Waals surface area (Å²) < 4.78 is 5.51. The van der Waals surface area contributed by atoms with E-state index < -0.39 is 16.1 Å². The molecule has 1 aliphatic carbocycles. The Bertz CT molecular complexity index is 1360. The van der Waals surface area contributed by atoms with E-state index in [1.807, 2.05) is 6.26 Å². The molecule has 1 atom stereocenters. The van der Waals surface area contributed by atoms with Gasteiger partial charge in [0, 0.05) is 11.1 Å². The van der Waals surface area contributed by atoms with Gasteiger partial charge in [0.2, 0.25) is 0 Å². The molecule has 2 bridgehead atoms. The van der Waals surface area contributed by atoms with Crippen LogP contribution in [0.2, 0.25) is 32.7 Å². The van der Waals surface area contributed by atoms with Gasteiger partial charge in [-0.25, -0.2) is 0 Å². The van der Waals surface area contributed by atoms with Gasteiger partial charge in [-0.2, -0.15) is 6.07 Å². The second-order valence-corrected chi connectivity index (χ2v) is 20.7. The van der Waals surface area contributed by atoms with Gasteiger partial charge in [0.1, 0.15) is 5.76 Å². The Labute approximate surface area is 243 Å². The molecular weight excluding hydrogens is 583 g/mol. The minimum absolute atomic E-state index is 0. The zero-order chi connectivity index (χ0) is 22.8. The van der Waals surface area contributed by atoms with Crippen molar-refractivity contribution in [1.29, 1.82) is 0 Å². The van der Waals surface area contributed by atoms with Crippen molar-refractivity contribution in [3.63, 3.8) is 0 Å². The van der Waals surface area contributed by atoms with Crippen LogP contribution in [-0.2, 0) is 26.2 Å². The third-order valence-electron chi connectivity index (χ3n) is 7.38. The molecule has 3 aromatic carbocycles. The smallest absolute Gasteiger partial charge is 1.00 e. The van der Waals surface area contributed by atoms with E-state index in [4.69, 9.17) is 4.42 Å². The Morgan fingerprint density at radius 1 is 0.914 bits per heavy atom. The largest absolute Gasteiger partial charge is 3.00 e. The number of hydrogen-bond donors (Lipinski definition) is 0. The molecule has 1 aromatic heterocycles. The van der Waals surface area contributed by atoms with E-state index in [-0.39, 0.29) is 51.0 Å². The Morgan fingerprint density at radius 2 is 1.57 bits per heavy atom. The molecule has 0 saturated carbocycles. The van der Waals surface area contributed by atoms with Crippen LogP contribution in [0.25, 0.3) is 27.1 Å². The molecule has 0 spiro atoms. The van der Waals surface area contributed by atoms with Gasteiger partial charge in [-0.15, -0.1) is 34.5 Å². The first-order valence-electron chi connectivity index (χ1n) is 11.6. The van der Waals surface area contributed by atoms with Crippen LogP contribution in [0.15, 0.2) is 76.9 Å². The number of fused-ring (bicyclic) bond motifs is 1. The number of hydrogen-bond acceptors (Lipinski definition) is 1. The van der Waals surface area contributed by atoms with Crippen LogP contribution in [0.1, 0.15) is 29.4 Å². The van der Waals surface area contributed by atoms with Gasteiger partial charge in [0.25, 0.3) is 0 Å². The van der Waals surface area contributed by atoms with Crippen molar-refractivity contribution < 1.29 is 55.4 Å². The molecule has 0 saturated heterocycles. The van der Waals surface area contributed by atoms with Crippen molar-refractivity contribution in [2.75, 3.05) is 0 Å². The summed E-state index contributed by atoms with van der Waals surface area (Å²) in [6, 6.07) is 22.5. The molecular formula is C29H33Cl2OSi2Zr. The fraction of sp³-hybridized carbons (Fsp3) is 0.276. The summed E-state index contributed by atoms with van der Waals surface area (Å²) in [6.45, 7) is 16.5. The van der Waals surface area contributed by atoms with Crippen molar-refractivity contribution in [1.82, 2.24) is 0 Å². The number of benzene rings is 2. The van der Waals surface area contributed by atoms with Gasteiger partial charge in [-0.1, -0.05) is 86.3 Å². The molecule has 0 amide bonds. The van der Waals surface area contributed by atoms with E-state index in [2.05, 4.69) is 107 Å². The summed E-state index contributed by atoms with van der Waals surface area (Å²) in [7, 11) is -2.28. The first kappa shape index (κ1) is 30.2. The van der Waals surface area contributed by atoms with Crippen LogP contribution in [-0.4, -0.2) is 16.1 Å². The molecule has 7 rings (SSSR count). The molecule has 1 radical (unpaired) electrons. The third kappa shape index (κ3) is 5.07. The van der Waals surface area contributed by atoms with Gasteiger partial charge in [0.15, 0.2) is 0 Å². The summed E-state index contributed by atoms with van der Waals surface area (Å²) in [6.07, 6.45) is 1.83. The van der Waals surface area contributed by atoms with E-state index in [0.29, 0.717) is 0 Å². The topological polar surface area (TPSA) is 13.1 Å². The fourth-order valence-corrected chi connectivity index (χ4v) is 11.3. The molecule has 181 valence electrons. The van der Waals surface area contributed by atoms with Gasteiger partial charge in [0.05, 0.1) is 22.4 Å². The molecule has 2 aliphatic heterocycles. The Morgan fingerprint density at radius 3 is 2.14 bits per heavy atom. The summed E-state index contributed by atoms with van der Waals surface area (Å²) >= 11 is 0. The second-order valence-electron chi connectivity index (χ2n) is 11.1. The zero-order valence-electron chi connectivity index (χ0n) is 21.6. The molecule has 0 N–H and O–H groups in total. The van der Waals surface area contributed by atoms with Crippen LogP contribution in [0.5, 0.6) is 0 Å². The zero-order valence-corrected chi connectivity index (χ0v) is 27.6. The number of allylic oxidation sites excluding steroid dienone is 1. The molecule has 1 nitrogen and oxygen atoms in total. The Hall–Kier alpha value is -1.03. The maximum atomic E-state index is 5.51. The van der Waals surface area contributed by atoms with Crippen molar-refractivity contribution in [3.8, 4) is 11.1 Å². The monoisotopic (exact) mass is 613 g/mol. The minimum atomic E-state index is -1.21. The van der Waals surface area contributed by atoms with E-state index in [1.54, 1.807) is 10.8 Å². The van der Waals surface area contributed by atoms with E-state index in [1.165, 1.54) is 44.0 Å². The van der Waals surface area contributed by atoms with Crippen LogP contribution in [0.3, 0.4) is 0 Å². The van der Waals surface area contributed by atoms with Gasteiger partial charge < -0.3 is 29.2 Å². The predicted octanol–water partition coefficient (Wildman–Crippen LogP) is 2.04. The predicted molar refractivity (Wildman–Crippen MR) is 144 cm³/mol. The quantitative estimate of drug-likeness (QED) is 0.249. The summed E-state index contributed by atoms with van der Waals surface area (Å²) in [4.78, 5) is 0. The van der Waals surface area contributed by atoms with E-state index >= 15 is 0 Å². The first-order chi connectivity index (χ1) is 15.1. The van der Waals surface area contributed by atoms with Crippen molar-refractivity contribution in [3.05, 3.63) is 89.4 Å². The van der Waals surface area contributed by atoms with E-state index in [0.717, 1.165) is 5.54 Å². The molecule has 6 heteroatoms. The first-order valence-corrected chi connectivity index (χ1v) is 18.2. The SMILES string of the molecule is CC1=C2c3occc3C1[Si]2(C)C.Cc1cc2c(-c3ccc([Si](C)(C)C)cc3)cccc2[cH-]1.[Cl-].[Cl-].[Zr+3]. The van der Waals surface area contributed by atoms with Crippen LogP contribution < -0.4 is 30.0 Å². The molecule has 3 heterocycles. The maximum Gasteiger partial charge on any atom is 3.00 e. The van der Waals surface area contributed by atoms with Crippen LogP contribution in [0, 0.1) is 6.92 Å². The van der Waals surface area contributed by atoms with Crippen LogP contribution >= 0.6 is 0 Å². The summed E-state index contributed by atoms with van der Waals surface area (Å²) in [5.74, 6) is 1.22. The van der Waals surface area contributed by atoms with E-state index in [9.17, 15) is 0 Å². The molecule has 4 aromatic rings. The number of halogens is 2. The van der Waals surface area contributed by atoms with Crippen LogP contribution in [0.4, 0.5) is 0 Å². The second kappa shape index (κ2) is 10.8. The Balaban J connectivity index is 0.000000249. The standard InChI is InChI=1S/C19H21Si.C10H12OSi.2ClH.Zr/c1-14-12-16-6-5-7-18(19(16)13-14)15-8-10-17(11-9-15)20(2,3)4;1-6-9-7-4-5-11-8(7)10(6)12(9,2)3;;;/h5-13H,1-4H3;4-5,9H,1-3H3;2*1H;/q-1;;;;+3/p-2. The minimum Gasteiger partial charge on any atom is -1.00 e. The van der Waals surface area contributed by atoms with Crippen molar-refractivity contribution in [2.24, 2.45) is 0 Å². The van der Waals surface area contributed by atoms with Gasteiger partial charge in [-0.05, 0) is 23.7 Å². The molecule has 1 unspecified atom stereocenters. The third-order valence-corrected chi connectivity index (χ3v) is 13.5. The van der Waals surface area contributed by atoms with Crippen molar-refractivity contribution in [2.45, 2.75) is 52.1 Å². The fourth-order valence-electron chi connectivity index (χ4n) is 5.89.